The van der Waals surface area contributed by atoms with Crippen molar-refractivity contribution < 1.29 is 9.53 Å². The molecule has 6 heteroatoms. The molecule has 1 spiro atoms. The van der Waals surface area contributed by atoms with Crippen LogP contribution in [0.15, 0.2) is 60.8 Å². The van der Waals surface area contributed by atoms with Gasteiger partial charge in [0, 0.05) is 62.1 Å². The summed E-state index contributed by atoms with van der Waals surface area (Å²) in [6.07, 6.45) is 3.43. The van der Waals surface area contributed by atoms with Crippen molar-refractivity contribution in [2.24, 2.45) is 14.1 Å². The van der Waals surface area contributed by atoms with Gasteiger partial charge >= 0.3 is 0 Å². The molecule has 2 aliphatic rings. The average molecular weight is 412 g/mol. The van der Waals surface area contributed by atoms with Gasteiger partial charge in [0.25, 0.3) is 5.91 Å². The Morgan fingerprint density at radius 1 is 1.03 bits per heavy atom. The van der Waals surface area contributed by atoms with E-state index in [0.717, 1.165) is 52.0 Å². The lowest BCUT2D eigenvalue weighted by Gasteiger charge is -2.44. The topological polar surface area (TPSA) is 52.3 Å². The van der Waals surface area contributed by atoms with Crippen LogP contribution >= 0.6 is 0 Å². The number of rotatable bonds is 1. The highest BCUT2D eigenvalue weighted by atomic mass is 16.5. The lowest BCUT2D eigenvalue weighted by atomic mass is 9.81. The fraction of sp³-hybridized carbons (Fsp3) is 0.280. The number of ether oxygens (including phenoxy) is 1. The quantitative estimate of drug-likeness (QED) is 0.473. The Morgan fingerprint density at radius 2 is 1.77 bits per heavy atom. The van der Waals surface area contributed by atoms with Gasteiger partial charge < -0.3 is 14.2 Å². The number of aromatic nitrogens is 3. The first-order valence-electron chi connectivity index (χ1n) is 10.7. The molecule has 6 nitrogen and oxygen atoms in total. The number of benzene rings is 2. The maximum absolute atomic E-state index is 13.4. The third kappa shape index (κ3) is 2.57. The molecular formula is C25H24N4O2. The smallest absolute Gasteiger partial charge is 0.270 e. The molecule has 1 amide bonds. The number of carbonyl (C=O) groups excluding carboxylic acids is 1. The van der Waals surface area contributed by atoms with Gasteiger partial charge in [-0.25, -0.2) is 0 Å². The van der Waals surface area contributed by atoms with Crippen LogP contribution in [0.2, 0.25) is 0 Å². The molecule has 0 radical (unpaired) electrons. The van der Waals surface area contributed by atoms with Gasteiger partial charge in [0.2, 0.25) is 0 Å². The number of likely N-dealkylation sites (tertiary alicyclic amines) is 1. The second kappa shape index (κ2) is 6.48. The number of fused-ring (bicyclic) bond motifs is 5. The molecule has 0 unspecified atom stereocenters. The number of piperidine rings is 1. The molecule has 0 atom stereocenters. The zero-order valence-electron chi connectivity index (χ0n) is 17.7. The van der Waals surface area contributed by atoms with Crippen molar-refractivity contribution in [2.75, 3.05) is 13.1 Å². The van der Waals surface area contributed by atoms with Crippen LogP contribution in [0.1, 0.15) is 28.9 Å². The Morgan fingerprint density at radius 3 is 2.58 bits per heavy atom. The van der Waals surface area contributed by atoms with Crippen molar-refractivity contribution in [3.05, 3.63) is 72.1 Å². The van der Waals surface area contributed by atoms with E-state index in [1.807, 2.05) is 70.8 Å². The van der Waals surface area contributed by atoms with E-state index in [1.165, 1.54) is 0 Å². The summed E-state index contributed by atoms with van der Waals surface area (Å²) in [5, 5.41) is 5.63. The van der Waals surface area contributed by atoms with Crippen molar-refractivity contribution in [2.45, 2.75) is 18.4 Å². The van der Waals surface area contributed by atoms with Gasteiger partial charge in [-0.3, -0.25) is 9.48 Å². The zero-order chi connectivity index (χ0) is 21.2. The maximum atomic E-state index is 13.4. The predicted molar refractivity (Wildman–Crippen MR) is 119 cm³/mol. The first-order valence-corrected chi connectivity index (χ1v) is 10.7. The lowest BCUT2D eigenvalue weighted by Crippen LogP contribution is -2.49. The standard InChI is InChI=1S/C25H24N4O2/c1-27-20-9-5-3-7-17(20)15-21(27)24(30)29-13-11-25(12-14-29)19-16-26-28(2)23(19)18-8-4-6-10-22(18)31-25/h3-10,15-16H,11-14H2,1-2H3. The van der Waals surface area contributed by atoms with Crippen LogP contribution in [-0.4, -0.2) is 38.2 Å². The molecule has 0 saturated carbocycles. The van der Waals surface area contributed by atoms with Gasteiger partial charge in [0.05, 0.1) is 11.9 Å². The van der Waals surface area contributed by atoms with Gasteiger partial charge in [0.15, 0.2) is 0 Å². The fourth-order valence-corrected chi connectivity index (χ4v) is 5.21. The van der Waals surface area contributed by atoms with Crippen LogP contribution in [0.4, 0.5) is 0 Å². The van der Waals surface area contributed by atoms with Gasteiger partial charge in [-0.05, 0) is 24.3 Å². The van der Waals surface area contributed by atoms with E-state index in [2.05, 4.69) is 23.3 Å². The molecule has 1 saturated heterocycles. The molecule has 2 aromatic heterocycles. The molecule has 2 aliphatic heterocycles. The molecule has 0 N–H and O–H groups in total. The van der Waals surface area contributed by atoms with Crippen LogP contribution in [0.25, 0.3) is 22.2 Å². The summed E-state index contributed by atoms with van der Waals surface area (Å²) in [5.74, 6) is 0.975. The fourth-order valence-electron chi connectivity index (χ4n) is 5.21. The molecule has 4 heterocycles. The highest BCUT2D eigenvalue weighted by Gasteiger charge is 2.46. The molecular weight excluding hydrogens is 388 g/mol. The minimum Gasteiger partial charge on any atom is -0.482 e. The lowest BCUT2D eigenvalue weighted by molar-refractivity contribution is -0.00198. The summed E-state index contributed by atoms with van der Waals surface area (Å²) in [6, 6.07) is 18.3. The third-order valence-corrected chi connectivity index (χ3v) is 6.91. The van der Waals surface area contributed by atoms with E-state index in [0.29, 0.717) is 13.1 Å². The minimum absolute atomic E-state index is 0.0798. The maximum Gasteiger partial charge on any atom is 0.270 e. The van der Waals surface area contributed by atoms with Gasteiger partial charge in [0.1, 0.15) is 17.0 Å². The summed E-state index contributed by atoms with van der Waals surface area (Å²) in [5.41, 5.74) is 4.70. The van der Waals surface area contributed by atoms with Crippen LogP contribution in [-0.2, 0) is 19.7 Å². The average Bonchev–Trinajstić information content (AvgIpc) is 3.35. The molecule has 2 aromatic carbocycles. The minimum atomic E-state index is -0.437. The van der Waals surface area contributed by atoms with Crippen molar-refractivity contribution in [3.8, 4) is 17.0 Å². The van der Waals surface area contributed by atoms with E-state index in [4.69, 9.17) is 4.74 Å². The van der Waals surface area contributed by atoms with E-state index >= 15 is 0 Å². The van der Waals surface area contributed by atoms with Crippen LogP contribution in [0, 0.1) is 0 Å². The molecule has 0 bridgehead atoms. The van der Waals surface area contributed by atoms with Crippen LogP contribution < -0.4 is 4.74 Å². The number of amides is 1. The Balaban J connectivity index is 1.30. The predicted octanol–water partition coefficient (Wildman–Crippen LogP) is 4.10. The number of carbonyl (C=O) groups is 1. The number of hydrogen-bond donors (Lipinski definition) is 0. The van der Waals surface area contributed by atoms with Crippen molar-refractivity contribution in [3.63, 3.8) is 0 Å². The van der Waals surface area contributed by atoms with Crippen molar-refractivity contribution >= 4 is 16.8 Å². The summed E-state index contributed by atoms with van der Waals surface area (Å²) in [4.78, 5) is 15.3. The van der Waals surface area contributed by atoms with Crippen LogP contribution in [0.3, 0.4) is 0 Å². The van der Waals surface area contributed by atoms with Gasteiger partial charge in [-0.2, -0.15) is 5.10 Å². The van der Waals surface area contributed by atoms with Crippen molar-refractivity contribution in [1.82, 2.24) is 19.2 Å². The molecule has 6 rings (SSSR count). The highest BCUT2D eigenvalue weighted by Crippen LogP contribution is 2.49. The Bertz CT molecular complexity index is 1320. The zero-order valence-corrected chi connectivity index (χ0v) is 17.7. The summed E-state index contributed by atoms with van der Waals surface area (Å²) in [7, 11) is 3.94. The number of aryl methyl sites for hydroxylation is 2. The Hall–Kier alpha value is -3.54. The molecule has 1 fully saturated rings. The SMILES string of the molecule is Cn1ncc2c1-c1ccccc1OC21CCN(C(=O)c2cc3ccccc3n2C)CC1. The summed E-state index contributed by atoms with van der Waals surface area (Å²) >= 11 is 0. The van der Waals surface area contributed by atoms with Crippen molar-refractivity contribution in [1.29, 1.82) is 0 Å². The van der Waals surface area contributed by atoms with Gasteiger partial charge in [-0.15, -0.1) is 0 Å². The molecule has 4 aromatic rings. The molecule has 0 aliphatic carbocycles. The van der Waals surface area contributed by atoms with Gasteiger partial charge in [-0.1, -0.05) is 30.3 Å². The molecule has 156 valence electrons. The summed E-state index contributed by atoms with van der Waals surface area (Å²) in [6.45, 7) is 1.30. The van der Waals surface area contributed by atoms with E-state index in [9.17, 15) is 4.79 Å². The normalized spacial score (nSPS) is 16.8. The van der Waals surface area contributed by atoms with E-state index in [1.54, 1.807) is 0 Å². The second-order valence-corrected chi connectivity index (χ2v) is 8.56. The molecule has 31 heavy (non-hydrogen) atoms. The number of para-hydroxylation sites is 2. The van der Waals surface area contributed by atoms with E-state index < -0.39 is 5.60 Å². The second-order valence-electron chi connectivity index (χ2n) is 8.56. The Kier molecular flexibility index (Phi) is 3.81. The Labute approximate surface area is 180 Å². The largest absolute Gasteiger partial charge is 0.482 e. The van der Waals surface area contributed by atoms with Crippen LogP contribution in [0.5, 0.6) is 5.75 Å². The number of nitrogens with zero attached hydrogens (tertiary/aromatic N) is 4. The highest BCUT2D eigenvalue weighted by molar-refractivity contribution is 5.98. The first-order chi connectivity index (χ1) is 15.1. The monoisotopic (exact) mass is 412 g/mol. The summed E-state index contributed by atoms with van der Waals surface area (Å²) < 4.78 is 10.5. The third-order valence-electron chi connectivity index (χ3n) is 6.91. The van der Waals surface area contributed by atoms with E-state index in [-0.39, 0.29) is 5.91 Å². The number of hydrogen-bond acceptors (Lipinski definition) is 3. The first kappa shape index (κ1) is 18.2.